The molecular formula is C28H29NO5S. The van der Waals surface area contributed by atoms with E-state index in [1.165, 1.54) is 12.7 Å². The van der Waals surface area contributed by atoms with E-state index < -0.39 is 5.97 Å². The standard InChI is InChI=1S/C28H29NO5S/c1-31-25-13-8-21(27(16-25)32-2)15-26(28(30)33-3)20-6-11-24(12-7-20)34-23-9-4-19(5-10-23)14-22-17-35-18-29-22/h4-13,15-16,22,29H,14,17-18H2,1-3H3. The maximum Gasteiger partial charge on any atom is 0.338 e. The van der Waals surface area contributed by atoms with E-state index in [0.29, 0.717) is 34.4 Å². The summed E-state index contributed by atoms with van der Waals surface area (Å²) in [6.45, 7) is 0. The van der Waals surface area contributed by atoms with Gasteiger partial charge in [0, 0.05) is 29.3 Å². The third-order valence-electron chi connectivity index (χ3n) is 5.75. The number of hydrogen-bond donors (Lipinski definition) is 1. The smallest absolute Gasteiger partial charge is 0.338 e. The highest BCUT2D eigenvalue weighted by Gasteiger charge is 2.16. The van der Waals surface area contributed by atoms with Crippen LogP contribution in [0.2, 0.25) is 0 Å². The molecule has 7 heteroatoms. The Morgan fingerprint density at radius 1 is 0.943 bits per heavy atom. The van der Waals surface area contributed by atoms with E-state index in [4.69, 9.17) is 18.9 Å². The average molecular weight is 492 g/mol. The van der Waals surface area contributed by atoms with Crippen LogP contribution in [0, 0.1) is 0 Å². The van der Waals surface area contributed by atoms with Crippen molar-refractivity contribution in [2.45, 2.75) is 12.5 Å². The van der Waals surface area contributed by atoms with Crippen molar-refractivity contribution in [2.75, 3.05) is 33.0 Å². The van der Waals surface area contributed by atoms with Crippen molar-refractivity contribution in [2.24, 2.45) is 0 Å². The lowest BCUT2D eigenvalue weighted by atomic mass is 10.0. The predicted octanol–water partition coefficient (Wildman–Crippen LogP) is 5.41. The van der Waals surface area contributed by atoms with Gasteiger partial charge < -0.3 is 24.3 Å². The van der Waals surface area contributed by atoms with Gasteiger partial charge in [-0.25, -0.2) is 4.79 Å². The van der Waals surface area contributed by atoms with E-state index in [1.807, 2.05) is 60.3 Å². The number of methoxy groups -OCH3 is 3. The number of ether oxygens (including phenoxy) is 4. The van der Waals surface area contributed by atoms with Crippen LogP contribution in [0.4, 0.5) is 0 Å². The van der Waals surface area contributed by atoms with Crippen LogP contribution in [0.25, 0.3) is 11.6 Å². The summed E-state index contributed by atoms with van der Waals surface area (Å²) < 4.78 is 21.8. The Kier molecular flexibility index (Phi) is 8.34. The minimum atomic E-state index is -0.442. The van der Waals surface area contributed by atoms with Crippen LogP contribution < -0.4 is 19.5 Å². The maximum absolute atomic E-state index is 12.6. The first-order valence-corrected chi connectivity index (χ1v) is 12.5. The van der Waals surface area contributed by atoms with Crippen molar-refractivity contribution in [3.05, 3.63) is 83.4 Å². The van der Waals surface area contributed by atoms with Crippen molar-refractivity contribution >= 4 is 29.4 Å². The second kappa shape index (κ2) is 11.8. The van der Waals surface area contributed by atoms with Gasteiger partial charge in [-0.1, -0.05) is 24.3 Å². The number of thioether (sulfide) groups is 1. The van der Waals surface area contributed by atoms with E-state index in [0.717, 1.165) is 29.4 Å². The summed E-state index contributed by atoms with van der Waals surface area (Å²) in [6, 6.07) is 21.5. The van der Waals surface area contributed by atoms with E-state index in [1.54, 1.807) is 26.4 Å². The fourth-order valence-electron chi connectivity index (χ4n) is 3.85. The van der Waals surface area contributed by atoms with Crippen LogP contribution >= 0.6 is 11.8 Å². The first kappa shape index (κ1) is 24.7. The fraction of sp³-hybridized carbons (Fsp3) is 0.250. The van der Waals surface area contributed by atoms with Gasteiger partial charge in [-0.3, -0.25) is 0 Å². The van der Waals surface area contributed by atoms with Gasteiger partial charge in [0.2, 0.25) is 0 Å². The Labute approximate surface area is 210 Å². The molecule has 1 aliphatic rings. The molecule has 1 N–H and O–H groups in total. The van der Waals surface area contributed by atoms with Gasteiger partial charge in [0.15, 0.2) is 0 Å². The minimum absolute atomic E-state index is 0.408. The fourth-order valence-corrected chi connectivity index (χ4v) is 4.84. The summed E-state index contributed by atoms with van der Waals surface area (Å²) in [4.78, 5) is 12.6. The largest absolute Gasteiger partial charge is 0.497 e. The summed E-state index contributed by atoms with van der Waals surface area (Å²) in [5.74, 6) is 4.45. The Morgan fingerprint density at radius 3 is 2.23 bits per heavy atom. The van der Waals surface area contributed by atoms with Gasteiger partial charge in [0.1, 0.15) is 23.0 Å². The number of hydrogen-bond acceptors (Lipinski definition) is 7. The molecule has 1 aliphatic heterocycles. The molecule has 3 aromatic rings. The summed E-state index contributed by atoms with van der Waals surface area (Å²) in [7, 11) is 4.53. The first-order chi connectivity index (χ1) is 17.1. The molecule has 1 fully saturated rings. The zero-order chi connectivity index (χ0) is 24.6. The summed E-state index contributed by atoms with van der Waals surface area (Å²) >= 11 is 1.94. The van der Waals surface area contributed by atoms with Crippen LogP contribution in [0.5, 0.6) is 23.0 Å². The van der Waals surface area contributed by atoms with Crippen LogP contribution in [0.3, 0.4) is 0 Å². The maximum atomic E-state index is 12.6. The molecule has 35 heavy (non-hydrogen) atoms. The van der Waals surface area contributed by atoms with Crippen molar-refractivity contribution < 1.29 is 23.7 Å². The summed E-state index contributed by atoms with van der Waals surface area (Å²) in [6.07, 6.45) is 2.76. The lowest BCUT2D eigenvalue weighted by molar-refractivity contribution is -0.133. The first-order valence-electron chi connectivity index (χ1n) is 11.3. The highest BCUT2D eigenvalue weighted by Crippen LogP contribution is 2.30. The SMILES string of the molecule is COC(=O)C(=Cc1ccc(OC)cc1OC)c1ccc(Oc2ccc(CC3CSCN3)cc2)cc1. The molecule has 0 bridgehead atoms. The van der Waals surface area contributed by atoms with Gasteiger partial charge in [-0.15, -0.1) is 11.8 Å². The molecule has 0 amide bonds. The quantitative estimate of drug-likeness (QED) is 0.244. The lowest BCUT2D eigenvalue weighted by Crippen LogP contribution is -2.25. The molecule has 1 atom stereocenters. The van der Waals surface area contributed by atoms with Gasteiger partial charge >= 0.3 is 5.97 Å². The van der Waals surface area contributed by atoms with Crippen molar-refractivity contribution in [1.29, 1.82) is 0 Å². The Bertz CT molecular complexity index is 1170. The summed E-state index contributed by atoms with van der Waals surface area (Å²) in [5.41, 5.74) is 3.14. The number of rotatable bonds is 9. The number of benzene rings is 3. The van der Waals surface area contributed by atoms with Gasteiger partial charge in [0.25, 0.3) is 0 Å². The second-order valence-electron chi connectivity index (χ2n) is 8.05. The van der Waals surface area contributed by atoms with Gasteiger partial charge in [-0.05, 0) is 60.0 Å². The predicted molar refractivity (Wildman–Crippen MR) is 140 cm³/mol. The van der Waals surface area contributed by atoms with Crippen molar-refractivity contribution in [3.8, 4) is 23.0 Å². The molecule has 6 nitrogen and oxygen atoms in total. The number of carbonyl (C=O) groups is 1. The van der Waals surface area contributed by atoms with E-state index in [9.17, 15) is 4.79 Å². The van der Waals surface area contributed by atoms with Crippen LogP contribution in [-0.4, -0.2) is 45.0 Å². The molecule has 1 unspecified atom stereocenters. The third kappa shape index (κ3) is 6.38. The number of esters is 1. The zero-order valence-electron chi connectivity index (χ0n) is 20.1. The van der Waals surface area contributed by atoms with Crippen LogP contribution in [-0.2, 0) is 16.0 Å². The molecule has 1 saturated heterocycles. The highest BCUT2D eigenvalue weighted by molar-refractivity contribution is 7.99. The molecule has 0 spiro atoms. The molecule has 1 heterocycles. The van der Waals surface area contributed by atoms with Crippen LogP contribution in [0.15, 0.2) is 66.7 Å². The monoisotopic (exact) mass is 491 g/mol. The van der Waals surface area contributed by atoms with Crippen LogP contribution in [0.1, 0.15) is 16.7 Å². The topological polar surface area (TPSA) is 66.0 Å². The molecule has 4 rings (SSSR count). The molecule has 0 radical (unpaired) electrons. The van der Waals surface area contributed by atoms with E-state index in [-0.39, 0.29) is 0 Å². The van der Waals surface area contributed by atoms with Crippen molar-refractivity contribution in [3.63, 3.8) is 0 Å². The van der Waals surface area contributed by atoms with E-state index >= 15 is 0 Å². The average Bonchev–Trinajstić information content (AvgIpc) is 3.41. The Balaban J connectivity index is 1.50. The summed E-state index contributed by atoms with van der Waals surface area (Å²) in [5, 5.41) is 3.49. The minimum Gasteiger partial charge on any atom is -0.497 e. The van der Waals surface area contributed by atoms with Crippen molar-refractivity contribution in [1.82, 2.24) is 5.32 Å². The highest BCUT2D eigenvalue weighted by atomic mass is 32.2. The third-order valence-corrected chi connectivity index (χ3v) is 6.75. The Morgan fingerprint density at radius 2 is 1.63 bits per heavy atom. The number of carbonyl (C=O) groups excluding carboxylic acids is 1. The lowest BCUT2D eigenvalue weighted by Gasteiger charge is -2.12. The van der Waals surface area contributed by atoms with Gasteiger partial charge in [0.05, 0.1) is 26.9 Å². The molecule has 182 valence electrons. The zero-order valence-corrected chi connectivity index (χ0v) is 20.9. The molecule has 3 aromatic carbocycles. The van der Waals surface area contributed by atoms with E-state index in [2.05, 4.69) is 17.4 Å². The molecule has 0 saturated carbocycles. The molecule has 0 aliphatic carbocycles. The second-order valence-corrected chi connectivity index (χ2v) is 9.08. The molecular weight excluding hydrogens is 462 g/mol. The normalized spacial score (nSPS) is 15.5. The number of nitrogens with one attached hydrogen (secondary N) is 1. The molecule has 0 aromatic heterocycles. The Hall–Kier alpha value is -3.42. The van der Waals surface area contributed by atoms with Gasteiger partial charge in [-0.2, -0.15) is 0 Å².